The first-order valence-electron chi connectivity index (χ1n) is 10.6. The molecule has 0 saturated carbocycles. The number of aromatic nitrogens is 4. The van der Waals surface area contributed by atoms with Gasteiger partial charge < -0.3 is 25.1 Å². The lowest BCUT2D eigenvalue weighted by atomic mass is 10.2. The Morgan fingerprint density at radius 1 is 1.24 bits per heavy atom. The molecule has 0 aliphatic carbocycles. The van der Waals surface area contributed by atoms with Crippen LogP contribution in [-0.4, -0.2) is 75.5 Å². The van der Waals surface area contributed by atoms with Gasteiger partial charge in [-0.15, -0.1) is 0 Å². The van der Waals surface area contributed by atoms with Crippen molar-refractivity contribution in [2.24, 2.45) is 0 Å². The lowest BCUT2D eigenvalue weighted by Crippen LogP contribution is -2.33. The SMILES string of the molecule is CCNc1ncc2c(n1)N(C)CCN(c1cccc(-n3cc(CN(C)C(=O)O)cn3)c1)C2=O. The van der Waals surface area contributed by atoms with Crippen LogP contribution < -0.4 is 15.1 Å². The molecule has 3 heterocycles. The standard InChI is InChI=1S/C22H26N8O3/c1-4-23-21-24-12-18-19(26-21)27(2)8-9-29(20(18)31)16-6-5-7-17(10-16)30-14-15(11-25-30)13-28(3)22(32)33/h5-7,10-12,14H,4,8-9,13H2,1-3H3,(H,32,33)(H,23,24,26). The minimum Gasteiger partial charge on any atom is -0.465 e. The van der Waals surface area contributed by atoms with Crippen molar-refractivity contribution >= 4 is 29.5 Å². The van der Waals surface area contributed by atoms with Crippen LogP contribution in [0.25, 0.3) is 5.69 Å². The third kappa shape index (κ3) is 4.56. The molecule has 0 fully saturated rings. The quantitative estimate of drug-likeness (QED) is 0.587. The Morgan fingerprint density at radius 3 is 2.79 bits per heavy atom. The maximum atomic E-state index is 13.4. The molecule has 2 N–H and O–H groups in total. The van der Waals surface area contributed by atoms with Crippen molar-refractivity contribution in [3.8, 4) is 5.69 Å². The number of hydrogen-bond donors (Lipinski definition) is 2. The van der Waals surface area contributed by atoms with Crippen LogP contribution in [-0.2, 0) is 6.54 Å². The highest BCUT2D eigenvalue weighted by Crippen LogP contribution is 2.27. The number of amides is 2. The summed E-state index contributed by atoms with van der Waals surface area (Å²) in [6.07, 6.45) is 3.98. The van der Waals surface area contributed by atoms with E-state index in [2.05, 4.69) is 20.4 Å². The molecule has 0 saturated heterocycles. The molecule has 1 aliphatic heterocycles. The Labute approximate surface area is 191 Å². The Hall–Kier alpha value is -4.15. The Balaban J connectivity index is 1.61. The van der Waals surface area contributed by atoms with Crippen LogP contribution in [0.15, 0.2) is 42.9 Å². The summed E-state index contributed by atoms with van der Waals surface area (Å²) in [6, 6.07) is 7.51. The van der Waals surface area contributed by atoms with Crippen LogP contribution in [0.2, 0.25) is 0 Å². The second kappa shape index (κ2) is 9.15. The zero-order chi connectivity index (χ0) is 23.5. The normalized spacial score (nSPS) is 13.5. The molecule has 0 spiro atoms. The molecule has 0 unspecified atom stereocenters. The number of carbonyl (C=O) groups is 2. The van der Waals surface area contributed by atoms with E-state index in [0.717, 1.165) is 16.9 Å². The molecular formula is C22H26N8O3. The van der Waals surface area contributed by atoms with Crippen LogP contribution >= 0.6 is 0 Å². The van der Waals surface area contributed by atoms with E-state index in [1.165, 1.54) is 11.9 Å². The number of benzene rings is 1. The van der Waals surface area contributed by atoms with Gasteiger partial charge in [0.2, 0.25) is 5.95 Å². The largest absolute Gasteiger partial charge is 0.465 e. The van der Waals surface area contributed by atoms with Gasteiger partial charge in [0.1, 0.15) is 11.4 Å². The van der Waals surface area contributed by atoms with E-state index in [1.807, 2.05) is 43.1 Å². The van der Waals surface area contributed by atoms with Crippen molar-refractivity contribution in [1.82, 2.24) is 24.6 Å². The minimum absolute atomic E-state index is 0.168. The number of carbonyl (C=O) groups excluding carboxylic acids is 1. The number of anilines is 3. The van der Waals surface area contributed by atoms with Crippen LogP contribution in [0.4, 0.5) is 22.2 Å². The van der Waals surface area contributed by atoms with Gasteiger partial charge in [0.25, 0.3) is 5.91 Å². The summed E-state index contributed by atoms with van der Waals surface area (Å²) in [4.78, 5) is 38.1. The topological polar surface area (TPSA) is 120 Å². The molecule has 2 amide bonds. The van der Waals surface area contributed by atoms with Gasteiger partial charge in [0.05, 0.1) is 18.4 Å². The molecule has 0 atom stereocenters. The zero-order valence-electron chi connectivity index (χ0n) is 18.8. The lowest BCUT2D eigenvalue weighted by molar-refractivity contribution is 0.0989. The monoisotopic (exact) mass is 450 g/mol. The fraction of sp³-hybridized carbons (Fsp3) is 0.318. The van der Waals surface area contributed by atoms with Crippen molar-refractivity contribution in [3.05, 3.63) is 54.0 Å². The van der Waals surface area contributed by atoms with E-state index in [-0.39, 0.29) is 12.5 Å². The van der Waals surface area contributed by atoms with Crippen molar-refractivity contribution in [2.75, 3.05) is 48.8 Å². The summed E-state index contributed by atoms with van der Waals surface area (Å²) < 4.78 is 1.67. The number of likely N-dealkylation sites (N-methyl/N-ethyl adjacent to an activating group) is 1. The number of fused-ring (bicyclic) bond motifs is 1. The molecule has 0 radical (unpaired) electrons. The predicted molar refractivity (Wildman–Crippen MR) is 124 cm³/mol. The number of carboxylic acid groups (broad SMARTS) is 1. The molecule has 33 heavy (non-hydrogen) atoms. The van der Waals surface area contributed by atoms with E-state index >= 15 is 0 Å². The maximum absolute atomic E-state index is 13.4. The van der Waals surface area contributed by atoms with Gasteiger partial charge in [-0.3, -0.25) is 4.79 Å². The Kier molecular flexibility index (Phi) is 6.11. The summed E-state index contributed by atoms with van der Waals surface area (Å²) in [6.45, 7) is 3.98. The van der Waals surface area contributed by atoms with Crippen LogP contribution in [0.1, 0.15) is 22.8 Å². The van der Waals surface area contributed by atoms with Crippen molar-refractivity contribution in [1.29, 1.82) is 0 Å². The highest BCUT2D eigenvalue weighted by molar-refractivity contribution is 6.09. The summed E-state index contributed by atoms with van der Waals surface area (Å²) in [5, 5.41) is 16.5. The van der Waals surface area contributed by atoms with Crippen LogP contribution in [0.3, 0.4) is 0 Å². The molecule has 0 bridgehead atoms. The minimum atomic E-state index is -1.00. The average Bonchev–Trinajstić information content (AvgIpc) is 3.23. The number of nitrogens with zero attached hydrogens (tertiary/aromatic N) is 7. The van der Waals surface area contributed by atoms with Gasteiger partial charge in [-0.05, 0) is 25.1 Å². The number of hydrogen-bond acceptors (Lipinski definition) is 7. The second-order valence-corrected chi connectivity index (χ2v) is 7.79. The summed E-state index contributed by atoms with van der Waals surface area (Å²) >= 11 is 0. The predicted octanol–water partition coefficient (Wildman–Crippen LogP) is 2.30. The first-order valence-corrected chi connectivity index (χ1v) is 10.6. The molecule has 2 aromatic heterocycles. The van der Waals surface area contributed by atoms with Crippen LogP contribution in [0.5, 0.6) is 0 Å². The lowest BCUT2D eigenvalue weighted by Gasteiger charge is -2.21. The Morgan fingerprint density at radius 2 is 2.03 bits per heavy atom. The van der Waals surface area contributed by atoms with Gasteiger partial charge in [-0.2, -0.15) is 10.1 Å². The highest BCUT2D eigenvalue weighted by atomic mass is 16.4. The molecule has 4 rings (SSSR count). The van der Waals surface area contributed by atoms with Gasteiger partial charge in [-0.25, -0.2) is 14.5 Å². The smallest absolute Gasteiger partial charge is 0.407 e. The summed E-state index contributed by atoms with van der Waals surface area (Å²) in [7, 11) is 3.42. The maximum Gasteiger partial charge on any atom is 0.407 e. The fourth-order valence-corrected chi connectivity index (χ4v) is 3.64. The first-order chi connectivity index (χ1) is 15.9. The van der Waals surface area contributed by atoms with E-state index in [0.29, 0.717) is 37.0 Å². The molecule has 1 aliphatic rings. The molecule has 172 valence electrons. The average molecular weight is 451 g/mol. The van der Waals surface area contributed by atoms with Crippen molar-refractivity contribution in [3.63, 3.8) is 0 Å². The molecule has 11 heteroatoms. The highest BCUT2D eigenvalue weighted by Gasteiger charge is 2.28. The van der Waals surface area contributed by atoms with Gasteiger partial charge >= 0.3 is 6.09 Å². The molecule has 3 aromatic rings. The van der Waals surface area contributed by atoms with Gasteiger partial charge in [-0.1, -0.05) is 6.07 Å². The number of rotatable bonds is 6. The summed E-state index contributed by atoms with van der Waals surface area (Å²) in [5.74, 6) is 0.928. The van der Waals surface area contributed by atoms with Crippen LogP contribution in [0, 0.1) is 0 Å². The van der Waals surface area contributed by atoms with E-state index in [4.69, 9.17) is 5.11 Å². The first kappa shape index (κ1) is 22.1. The van der Waals surface area contributed by atoms with Crippen molar-refractivity contribution < 1.29 is 14.7 Å². The third-order valence-corrected chi connectivity index (χ3v) is 5.39. The fourth-order valence-electron chi connectivity index (χ4n) is 3.64. The number of nitrogens with one attached hydrogen (secondary N) is 1. The molecule has 11 nitrogen and oxygen atoms in total. The van der Waals surface area contributed by atoms with E-state index in [1.54, 1.807) is 28.2 Å². The summed E-state index contributed by atoms with van der Waals surface area (Å²) in [5.41, 5.74) is 2.70. The third-order valence-electron chi connectivity index (χ3n) is 5.39. The van der Waals surface area contributed by atoms with E-state index < -0.39 is 6.09 Å². The molecule has 1 aromatic carbocycles. The zero-order valence-corrected chi connectivity index (χ0v) is 18.8. The second-order valence-electron chi connectivity index (χ2n) is 7.79. The van der Waals surface area contributed by atoms with Gasteiger partial charge in [0.15, 0.2) is 0 Å². The Bertz CT molecular complexity index is 1180. The molecular weight excluding hydrogens is 424 g/mol. The van der Waals surface area contributed by atoms with Gasteiger partial charge in [0, 0.05) is 57.4 Å². The van der Waals surface area contributed by atoms with Crippen molar-refractivity contribution in [2.45, 2.75) is 13.5 Å². The van der Waals surface area contributed by atoms with E-state index in [9.17, 15) is 9.59 Å².